The zero-order valence-electron chi connectivity index (χ0n) is 21.4. The Kier molecular flexibility index (Phi) is 3.75. The van der Waals surface area contributed by atoms with Crippen LogP contribution < -0.4 is 0 Å². The van der Waals surface area contributed by atoms with Gasteiger partial charge in [-0.2, -0.15) is 0 Å². The molecule has 13 atom stereocenters. The summed E-state index contributed by atoms with van der Waals surface area (Å²) in [7, 11) is 0. The van der Waals surface area contributed by atoms with Crippen molar-refractivity contribution in [3.8, 4) is 0 Å². The maximum atomic E-state index is 13.5. The summed E-state index contributed by atoms with van der Waals surface area (Å²) in [6.45, 7) is 7.44. The van der Waals surface area contributed by atoms with Crippen molar-refractivity contribution in [2.45, 2.75) is 119 Å². The maximum absolute atomic E-state index is 13.5. The second-order valence-corrected chi connectivity index (χ2v) is 14.0. The molecule has 0 aromatic rings. The standard InChI is InChI=1S/C28H36O8/c1-22-12-15(16(33-21(22)30)13-24(22,3)32)28-11-10-26(36-28)18-14(7-9-23(26,2)31)25(4)17(29)6-5-8-27(25)20(35-27)19(18)34-28/h5-6,14-16,18-20,31-32H,7-13H2,1-4H3. The second kappa shape index (κ2) is 5.96. The lowest BCUT2D eigenvalue weighted by atomic mass is 9.44. The Labute approximate surface area is 210 Å². The van der Waals surface area contributed by atoms with Crippen LogP contribution in [0.2, 0.25) is 0 Å². The van der Waals surface area contributed by atoms with Gasteiger partial charge in [0.25, 0.3) is 0 Å². The molecule has 8 nitrogen and oxygen atoms in total. The molecule has 5 aliphatic heterocycles. The highest BCUT2D eigenvalue weighted by atomic mass is 16.8. The molecule has 0 amide bonds. The van der Waals surface area contributed by atoms with E-state index in [4.69, 9.17) is 18.9 Å². The van der Waals surface area contributed by atoms with Gasteiger partial charge in [0, 0.05) is 18.8 Å². The van der Waals surface area contributed by atoms with Crippen LogP contribution in [-0.2, 0) is 28.5 Å². The number of ketones is 1. The van der Waals surface area contributed by atoms with Crippen LogP contribution in [0.1, 0.15) is 72.6 Å². The molecule has 0 radical (unpaired) electrons. The van der Waals surface area contributed by atoms with E-state index in [0.717, 1.165) is 0 Å². The van der Waals surface area contributed by atoms with E-state index in [1.54, 1.807) is 19.9 Å². The van der Waals surface area contributed by atoms with Crippen molar-refractivity contribution in [1.29, 1.82) is 0 Å². The molecule has 13 unspecified atom stereocenters. The van der Waals surface area contributed by atoms with Crippen molar-refractivity contribution in [3.05, 3.63) is 12.2 Å². The number of epoxide rings is 1. The van der Waals surface area contributed by atoms with E-state index in [1.807, 2.05) is 13.0 Å². The van der Waals surface area contributed by atoms with E-state index in [0.29, 0.717) is 44.9 Å². The Balaban J connectivity index is 1.26. The van der Waals surface area contributed by atoms with E-state index >= 15 is 0 Å². The summed E-state index contributed by atoms with van der Waals surface area (Å²) in [5.74, 6) is -1.74. The SMILES string of the molecule is CC1(O)CC2OC(=O)C1(C)CC2C12CCC3(O1)C1C(O2)C2OC24CC=CC(=O)C4(C)C1CCC3(C)O. The topological polar surface area (TPSA) is 115 Å². The molecular formula is C28H36O8. The van der Waals surface area contributed by atoms with E-state index in [2.05, 4.69) is 6.92 Å². The fourth-order valence-electron chi connectivity index (χ4n) is 10.2. The van der Waals surface area contributed by atoms with Gasteiger partial charge in [-0.15, -0.1) is 0 Å². The van der Waals surface area contributed by atoms with Crippen LogP contribution in [-0.4, -0.2) is 68.5 Å². The number of esters is 1. The summed E-state index contributed by atoms with van der Waals surface area (Å²) in [6.07, 6.45) is 6.44. The molecule has 2 spiro atoms. The van der Waals surface area contributed by atoms with Gasteiger partial charge in [0.2, 0.25) is 0 Å². The van der Waals surface area contributed by atoms with E-state index in [9.17, 15) is 19.8 Å². The zero-order valence-corrected chi connectivity index (χ0v) is 21.4. The monoisotopic (exact) mass is 500 g/mol. The van der Waals surface area contributed by atoms with E-state index in [1.165, 1.54) is 0 Å². The number of fused-ring (bicyclic) bond motifs is 7. The first-order valence-corrected chi connectivity index (χ1v) is 13.7. The fraction of sp³-hybridized carbons (Fsp3) is 0.857. The van der Waals surface area contributed by atoms with Gasteiger partial charge >= 0.3 is 5.97 Å². The van der Waals surface area contributed by atoms with Gasteiger partial charge < -0.3 is 29.2 Å². The number of aliphatic hydroxyl groups is 2. The first-order chi connectivity index (χ1) is 16.8. The Morgan fingerprint density at radius 1 is 0.917 bits per heavy atom. The van der Waals surface area contributed by atoms with Crippen LogP contribution in [0.4, 0.5) is 0 Å². The lowest BCUT2D eigenvalue weighted by molar-refractivity contribution is -0.418. The molecule has 0 aromatic heterocycles. The van der Waals surface area contributed by atoms with Crippen molar-refractivity contribution in [2.75, 3.05) is 0 Å². The predicted octanol–water partition coefficient (Wildman–Crippen LogP) is 2.19. The van der Waals surface area contributed by atoms with Crippen LogP contribution >= 0.6 is 0 Å². The molecule has 4 aliphatic carbocycles. The zero-order chi connectivity index (χ0) is 25.3. The normalized spacial score (nSPS) is 65.9. The molecule has 4 bridgehead atoms. The molecular weight excluding hydrogens is 464 g/mol. The van der Waals surface area contributed by atoms with Gasteiger partial charge in [0.05, 0.1) is 34.1 Å². The second-order valence-electron chi connectivity index (χ2n) is 14.0. The van der Waals surface area contributed by atoms with Crippen molar-refractivity contribution in [2.24, 2.45) is 28.6 Å². The Morgan fingerprint density at radius 2 is 1.69 bits per heavy atom. The minimum Gasteiger partial charge on any atom is -0.461 e. The summed E-state index contributed by atoms with van der Waals surface area (Å²) < 4.78 is 26.5. The number of carbonyl (C=O) groups excluding carboxylic acids is 2. The van der Waals surface area contributed by atoms with Crippen LogP contribution in [0.15, 0.2) is 12.2 Å². The van der Waals surface area contributed by atoms with Gasteiger partial charge in [-0.3, -0.25) is 9.59 Å². The van der Waals surface area contributed by atoms with E-state index < -0.39 is 45.1 Å². The van der Waals surface area contributed by atoms with Crippen molar-refractivity contribution in [3.63, 3.8) is 0 Å². The number of ether oxygens (including phenoxy) is 4. The molecule has 9 rings (SSSR count). The van der Waals surface area contributed by atoms with E-state index in [-0.39, 0.29) is 41.7 Å². The summed E-state index contributed by atoms with van der Waals surface area (Å²) in [6, 6.07) is 0. The average Bonchev–Trinajstić information content (AvgIpc) is 3.45. The first-order valence-electron chi connectivity index (χ1n) is 13.7. The minimum atomic E-state index is -1.17. The van der Waals surface area contributed by atoms with Crippen LogP contribution in [0.3, 0.4) is 0 Å². The first kappa shape index (κ1) is 22.6. The largest absolute Gasteiger partial charge is 0.461 e. The molecule has 36 heavy (non-hydrogen) atoms. The molecule has 5 heterocycles. The molecule has 0 aromatic carbocycles. The highest BCUT2D eigenvalue weighted by Crippen LogP contribution is 2.76. The van der Waals surface area contributed by atoms with Gasteiger partial charge in [-0.1, -0.05) is 6.08 Å². The minimum absolute atomic E-state index is 0.0195. The number of hydrogen-bond donors (Lipinski definition) is 2. The quantitative estimate of drug-likeness (QED) is 0.416. The Morgan fingerprint density at radius 3 is 2.44 bits per heavy atom. The molecule has 9 aliphatic rings. The van der Waals surface area contributed by atoms with Crippen LogP contribution in [0.25, 0.3) is 0 Å². The third-order valence-electron chi connectivity index (χ3n) is 12.7. The lowest BCUT2D eigenvalue weighted by Gasteiger charge is -2.66. The number of hydrogen-bond acceptors (Lipinski definition) is 8. The number of carbonyl (C=O) groups is 2. The molecule has 2 N–H and O–H groups in total. The molecule has 8 heteroatoms. The number of rotatable bonds is 1. The smallest absolute Gasteiger partial charge is 0.315 e. The van der Waals surface area contributed by atoms with Crippen molar-refractivity contribution in [1.82, 2.24) is 0 Å². The summed E-state index contributed by atoms with van der Waals surface area (Å²) in [5.41, 5.74) is -5.41. The fourth-order valence-corrected chi connectivity index (χ4v) is 10.2. The van der Waals surface area contributed by atoms with Crippen LogP contribution in [0.5, 0.6) is 0 Å². The third kappa shape index (κ3) is 2.08. The molecule has 5 saturated heterocycles. The van der Waals surface area contributed by atoms with Crippen LogP contribution in [0, 0.1) is 28.6 Å². The molecule has 3 saturated carbocycles. The molecule has 8 fully saturated rings. The number of allylic oxidation sites excluding steroid dienone is 1. The van der Waals surface area contributed by atoms with Gasteiger partial charge in [-0.25, -0.2) is 0 Å². The maximum Gasteiger partial charge on any atom is 0.315 e. The van der Waals surface area contributed by atoms with Crippen molar-refractivity contribution >= 4 is 11.8 Å². The van der Waals surface area contributed by atoms with Gasteiger partial charge in [0.15, 0.2) is 11.6 Å². The Bertz CT molecular complexity index is 1140. The highest BCUT2D eigenvalue weighted by Gasteiger charge is 2.86. The molecule has 196 valence electrons. The van der Waals surface area contributed by atoms with Gasteiger partial charge in [-0.05, 0) is 71.8 Å². The summed E-state index contributed by atoms with van der Waals surface area (Å²) in [5, 5.41) is 23.1. The van der Waals surface area contributed by atoms with Crippen molar-refractivity contribution < 1.29 is 38.7 Å². The lowest BCUT2D eigenvalue weighted by Crippen LogP contribution is -2.77. The average molecular weight is 501 g/mol. The highest BCUT2D eigenvalue weighted by molar-refractivity contribution is 5.98. The van der Waals surface area contributed by atoms with Gasteiger partial charge in [0.1, 0.15) is 23.4 Å². The third-order valence-corrected chi connectivity index (χ3v) is 12.7. The summed E-state index contributed by atoms with van der Waals surface area (Å²) >= 11 is 0. The Hall–Kier alpha value is -1.32. The summed E-state index contributed by atoms with van der Waals surface area (Å²) in [4.78, 5) is 26.3. The predicted molar refractivity (Wildman–Crippen MR) is 123 cm³/mol.